The van der Waals surface area contributed by atoms with Crippen LogP contribution < -0.4 is 15.6 Å². The topological polar surface area (TPSA) is 99.8 Å². The first-order valence-corrected chi connectivity index (χ1v) is 12.0. The van der Waals surface area contributed by atoms with E-state index in [0.717, 1.165) is 25.0 Å². The number of carbonyl (C=O) groups excluding carboxylic acids is 1. The van der Waals surface area contributed by atoms with Crippen LogP contribution in [-0.4, -0.2) is 49.3 Å². The van der Waals surface area contributed by atoms with Gasteiger partial charge in [-0.3, -0.25) is 14.0 Å². The van der Waals surface area contributed by atoms with Gasteiger partial charge in [-0.1, -0.05) is 0 Å². The van der Waals surface area contributed by atoms with Crippen LogP contribution in [0.1, 0.15) is 68.5 Å². The van der Waals surface area contributed by atoms with Crippen molar-refractivity contribution >= 4 is 17.4 Å². The molecule has 1 aliphatic heterocycles. The molecule has 4 atom stereocenters. The van der Waals surface area contributed by atoms with Crippen molar-refractivity contribution in [3.05, 3.63) is 52.3 Å². The molecule has 6 rings (SSSR count). The Kier molecular flexibility index (Phi) is 4.83. The van der Waals surface area contributed by atoms with E-state index in [9.17, 15) is 14.0 Å². The van der Waals surface area contributed by atoms with Crippen LogP contribution in [0, 0.1) is 0 Å². The standard InChI is InChI=1S/C25H28FN5O4/c1-14(2)35-21-15(20(32)27-17-5-4-8-31(22(17)33)18-9-16(18)26)10-30-11-19(28-23(30)29-21)25-7-6-24(3,12-25)34-13-25/h4-5,8,10-11,14,16,18H,6-7,9,12-13H2,1-3H3,(H,27,32)/t16-,18+,24-,25-/m0/s1. The maximum absolute atomic E-state index is 13.5. The van der Waals surface area contributed by atoms with Crippen LogP contribution in [0.5, 0.6) is 5.88 Å². The van der Waals surface area contributed by atoms with Gasteiger partial charge in [0.05, 0.1) is 30.0 Å². The summed E-state index contributed by atoms with van der Waals surface area (Å²) in [5, 5.41) is 2.67. The van der Waals surface area contributed by atoms with Gasteiger partial charge in [0.15, 0.2) is 0 Å². The average Bonchev–Trinajstić information content (AvgIpc) is 3.12. The molecule has 1 saturated heterocycles. The number of rotatable bonds is 6. The van der Waals surface area contributed by atoms with E-state index >= 15 is 0 Å². The van der Waals surface area contributed by atoms with Crippen molar-refractivity contribution in [2.45, 2.75) is 75.8 Å². The zero-order chi connectivity index (χ0) is 24.5. The third-order valence-corrected chi connectivity index (χ3v) is 7.35. The Morgan fingerprint density at radius 2 is 2.11 bits per heavy atom. The van der Waals surface area contributed by atoms with Gasteiger partial charge in [0.25, 0.3) is 11.5 Å². The van der Waals surface area contributed by atoms with E-state index in [4.69, 9.17) is 14.5 Å². The molecule has 184 valence electrons. The van der Waals surface area contributed by atoms with Gasteiger partial charge in [-0.05, 0) is 52.2 Å². The molecule has 0 unspecified atom stereocenters. The highest BCUT2D eigenvalue weighted by atomic mass is 19.1. The minimum atomic E-state index is -1.03. The van der Waals surface area contributed by atoms with Crippen LogP contribution in [0.2, 0.25) is 0 Å². The second-order valence-corrected chi connectivity index (χ2v) is 10.6. The first-order valence-electron chi connectivity index (χ1n) is 12.0. The first-order chi connectivity index (χ1) is 16.7. The molecule has 1 amide bonds. The molecule has 4 heterocycles. The fraction of sp³-hybridized carbons (Fsp3) is 0.520. The lowest BCUT2D eigenvalue weighted by Crippen LogP contribution is -2.26. The van der Waals surface area contributed by atoms with Gasteiger partial charge >= 0.3 is 0 Å². The molecule has 0 spiro atoms. The molecule has 0 aromatic carbocycles. The monoisotopic (exact) mass is 481 g/mol. The van der Waals surface area contributed by atoms with E-state index in [1.807, 2.05) is 20.0 Å². The SMILES string of the molecule is CC(C)Oc1nc2nc([C@@]34CC[C@@](C)(C3)OC4)cn2cc1C(=O)Nc1cccn([C@@H]2C[C@@H]2F)c1=O. The van der Waals surface area contributed by atoms with Gasteiger partial charge in [0.1, 0.15) is 17.4 Å². The fourth-order valence-corrected chi connectivity index (χ4v) is 5.37. The zero-order valence-electron chi connectivity index (χ0n) is 20.0. The molecule has 9 nitrogen and oxygen atoms in total. The number of anilines is 1. The lowest BCUT2D eigenvalue weighted by molar-refractivity contribution is -0.00627. The number of imidazole rings is 1. The summed E-state index contributed by atoms with van der Waals surface area (Å²) in [7, 11) is 0. The summed E-state index contributed by atoms with van der Waals surface area (Å²) in [4.78, 5) is 35.4. The second kappa shape index (κ2) is 7.61. The Morgan fingerprint density at radius 3 is 2.74 bits per heavy atom. The molecule has 35 heavy (non-hydrogen) atoms. The van der Waals surface area contributed by atoms with E-state index in [1.54, 1.807) is 16.7 Å². The molecule has 1 N–H and O–H groups in total. The fourth-order valence-electron chi connectivity index (χ4n) is 5.37. The van der Waals surface area contributed by atoms with Gasteiger partial charge in [0.2, 0.25) is 11.7 Å². The number of halogens is 1. The van der Waals surface area contributed by atoms with Crippen LogP contribution >= 0.6 is 0 Å². The molecule has 3 aliphatic rings. The van der Waals surface area contributed by atoms with Crippen LogP contribution in [0.4, 0.5) is 10.1 Å². The first kappa shape index (κ1) is 22.2. The Hall–Kier alpha value is -3.27. The summed E-state index contributed by atoms with van der Waals surface area (Å²) in [6.07, 6.45) is 7.01. The number of amides is 1. The molecule has 3 aromatic heterocycles. The van der Waals surface area contributed by atoms with Gasteiger partial charge in [-0.15, -0.1) is 0 Å². The van der Waals surface area contributed by atoms with E-state index in [-0.39, 0.29) is 34.3 Å². The quantitative estimate of drug-likeness (QED) is 0.579. The number of hydrogen-bond donors (Lipinski definition) is 1. The largest absolute Gasteiger partial charge is 0.474 e. The maximum atomic E-state index is 13.5. The summed E-state index contributed by atoms with van der Waals surface area (Å²) < 4.78 is 28.5. The number of alkyl halides is 1. The van der Waals surface area contributed by atoms with Crippen molar-refractivity contribution in [1.29, 1.82) is 0 Å². The number of carbonyl (C=O) groups is 1. The van der Waals surface area contributed by atoms with Crippen LogP contribution in [0.15, 0.2) is 35.5 Å². The maximum Gasteiger partial charge on any atom is 0.274 e. The molecule has 0 radical (unpaired) electrons. The molecular weight excluding hydrogens is 453 g/mol. The summed E-state index contributed by atoms with van der Waals surface area (Å²) in [5.74, 6) is 0.0382. The highest BCUT2D eigenvalue weighted by Gasteiger charge is 2.55. The predicted octanol–water partition coefficient (Wildman–Crippen LogP) is 3.42. The summed E-state index contributed by atoms with van der Waals surface area (Å²) in [6, 6.07) is 2.65. The Balaban J connectivity index is 1.35. The van der Waals surface area contributed by atoms with Crippen molar-refractivity contribution in [2.24, 2.45) is 0 Å². The smallest absolute Gasteiger partial charge is 0.274 e. The lowest BCUT2D eigenvalue weighted by atomic mass is 9.84. The minimum absolute atomic E-state index is 0.0748. The molecule has 3 fully saturated rings. The Morgan fingerprint density at radius 1 is 1.31 bits per heavy atom. The minimum Gasteiger partial charge on any atom is -0.474 e. The molecule has 10 heteroatoms. The summed E-state index contributed by atoms with van der Waals surface area (Å²) >= 11 is 0. The predicted molar refractivity (Wildman–Crippen MR) is 126 cm³/mol. The van der Waals surface area contributed by atoms with E-state index < -0.39 is 23.7 Å². The van der Waals surface area contributed by atoms with Gasteiger partial charge < -0.3 is 19.4 Å². The van der Waals surface area contributed by atoms with Gasteiger partial charge in [-0.2, -0.15) is 4.98 Å². The van der Waals surface area contributed by atoms with Crippen molar-refractivity contribution in [3.8, 4) is 5.88 Å². The zero-order valence-corrected chi connectivity index (χ0v) is 20.0. The molecule has 2 bridgehead atoms. The van der Waals surface area contributed by atoms with Crippen LogP contribution in [-0.2, 0) is 10.2 Å². The van der Waals surface area contributed by atoms with Gasteiger partial charge in [-0.25, -0.2) is 9.37 Å². The van der Waals surface area contributed by atoms with Crippen molar-refractivity contribution < 1.29 is 18.7 Å². The summed E-state index contributed by atoms with van der Waals surface area (Å²) in [5.41, 5.74) is 0.458. The average molecular weight is 482 g/mol. The third-order valence-electron chi connectivity index (χ3n) is 7.35. The number of fused-ring (bicyclic) bond motifs is 3. The Bertz CT molecular complexity index is 1390. The molecule has 3 aromatic rings. The number of nitrogens with zero attached hydrogens (tertiary/aromatic N) is 4. The van der Waals surface area contributed by atoms with E-state index in [0.29, 0.717) is 18.8 Å². The highest BCUT2D eigenvalue weighted by Crippen LogP contribution is 2.53. The van der Waals surface area contributed by atoms with Crippen LogP contribution in [0.3, 0.4) is 0 Å². The van der Waals surface area contributed by atoms with Gasteiger partial charge in [0, 0.05) is 30.4 Å². The third kappa shape index (κ3) is 3.71. The molecule has 2 aliphatic carbocycles. The second-order valence-electron chi connectivity index (χ2n) is 10.6. The molecular formula is C25H28FN5O4. The number of pyridine rings is 1. The van der Waals surface area contributed by atoms with Crippen molar-refractivity contribution in [2.75, 3.05) is 11.9 Å². The normalized spacial score (nSPS) is 29.2. The summed E-state index contributed by atoms with van der Waals surface area (Å²) in [6.45, 7) is 6.45. The molecule has 2 saturated carbocycles. The van der Waals surface area contributed by atoms with Crippen molar-refractivity contribution in [1.82, 2.24) is 18.9 Å². The number of hydrogen-bond acceptors (Lipinski definition) is 6. The number of ether oxygens (including phenoxy) is 2. The lowest BCUT2D eigenvalue weighted by Gasteiger charge is -2.24. The highest BCUT2D eigenvalue weighted by molar-refractivity contribution is 6.05. The number of aromatic nitrogens is 4. The van der Waals surface area contributed by atoms with E-state index in [1.165, 1.54) is 16.8 Å². The van der Waals surface area contributed by atoms with Crippen molar-refractivity contribution in [3.63, 3.8) is 0 Å². The number of nitrogens with one attached hydrogen (secondary N) is 1. The van der Waals surface area contributed by atoms with Crippen LogP contribution in [0.25, 0.3) is 5.78 Å². The van der Waals surface area contributed by atoms with E-state index in [2.05, 4.69) is 17.2 Å². The Labute approximate surface area is 201 Å².